The molecule has 2 amide bonds. The van der Waals surface area contributed by atoms with Gasteiger partial charge >= 0.3 is 0 Å². The number of nitrogens with zero attached hydrogens (tertiary/aromatic N) is 1. The van der Waals surface area contributed by atoms with E-state index in [0.29, 0.717) is 6.54 Å². The van der Waals surface area contributed by atoms with Crippen molar-refractivity contribution in [2.24, 2.45) is 0 Å². The summed E-state index contributed by atoms with van der Waals surface area (Å²) in [4.78, 5) is 27.7. The van der Waals surface area contributed by atoms with Gasteiger partial charge in [0.2, 0.25) is 11.8 Å². The maximum Gasteiger partial charge on any atom is 0.222 e. The minimum absolute atomic E-state index is 0.115. The van der Waals surface area contributed by atoms with Gasteiger partial charge in [0, 0.05) is 18.0 Å². The van der Waals surface area contributed by atoms with Crippen molar-refractivity contribution in [3.63, 3.8) is 0 Å². The minimum atomic E-state index is -0.322. The molecule has 0 saturated carbocycles. The van der Waals surface area contributed by atoms with Gasteiger partial charge in [-0.2, -0.15) is 0 Å². The van der Waals surface area contributed by atoms with E-state index in [1.54, 1.807) is 0 Å². The van der Waals surface area contributed by atoms with Crippen molar-refractivity contribution in [1.29, 1.82) is 0 Å². The molecule has 2 aromatic rings. The first-order valence-corrected chi connectivity index (χ1v) is 7.92. The quantitative estimate of drug-likeness (QED) is 0.859. The molecule has 116 valence electrons. The van der Waals surface area contributed by atoms with E-state index in [-0.39, 0.29) is 24.3 Å². The second-order valence-electron chi connectivity index (χ2n) is 5.03. The molecule has 2 rings (SSSR count). The zero-order valence-corrected chi connectivity index (χ0v) is 13.4. The number of carbonyl (C=O) groups excluding carboxylic acids is 2. The van der Waals surface area contributed by atoms with Crippen LogP contribution in [0.25, 0.3) is 0 Å². The van der Waals surface area contributed by atoms with Gasteiger partial charge in [-0.25, -0.2) is 4.98 Å². The molecule has 0 saturated heterocycles. The van der Waals surface area contributed by atoms with Crippen molar-refractivity contribution in [2.45, 2.75) is 32.9 Å². The fourth-order valence-corrected chi connectivity index (χ4v) is 2.81. The highest BCUT2D eigenvalue weighted by molar-refractivity contribution is 7.09. The lowest BCUT2D eigenvalue weighted by Gasteiger charge is -2.17. The summed E-state index contributed by atoms with van der Waals surface area (Å²) in [5.41, 5.74) is 1.87. The van der Waals surface area contributed by atoms with E-state index >= 15 is 0 Å². The Hall–Kier alpha value is -2.21. The lowest BCUT2D eigenvalue weighted by Crippen LogP contribution is -2.32. The summed E-state index contributed by atoms with van der Waals surface area (Å²) in [6.07, 6.45) is 0.202. The number of hydrogen-bond acceptors (Lipinski definition) is 4. The molecule has 1 unspecified atom stereocenters. The van der Waals surface area contributed by atoms with Crippen LogP contribution >= 0.6 is 11.3 Å². The molecule has 1 atom stereocenters. The normalized spacial score (nSPS) is 11.7. The molecule has 1 aromatic carbocycles. The number of rotatable bonds is 6. The molecule has 1 aromatic heterocycles. The molecule has 1 heterocycles. The van der Waals surface area contributed by atoms with E-state index in [9.17, 15) is 9.59 Å². The maximum atomic E-state index is 12.1. The number of aryl methyl sites for hydroxylation is 1. The van der Waals surface area contributed by atoms with Gasteiger partial charge in [-0.15, -0.1) is 11.3 Å². The van der Waals surface area contributed by atoms with Crippen LogP contribution in [0.5, 0.6) is 0 Å². The number of hydrogen-bond donors (Lipinski definition) is 2. The minimum Gasteiger partial charge on any atom is -0.350 e. The molecule has 0 spiro atoms. The van der Waals surface area contributed by atoms with Gasteiger partial charge in [0.25, 0.3) is 0 Å². The van der Waals surface area contributed by atoms with Crippen molar-refractivity contribution < 1.29 is 9.59 Å². The monoisotopic (exact) mass is 317 g/mol. The van der Waals surface area contributed by atoms with Gasteiger partial charge in [-0.05, 0) is 12.5 Å². The van der Waals surface area contributed by atoms with E-state index in [1.165, 1.54) is 18.3 Å². The number of benzene rings is 1. The first-order chi connectivity index (χ1) is 10.5. The van der Waals surface area contributed by atoms with Crippen molar-refractivity contribution in [1.82, 2.24) is 15.6 Å². The standard InChI is InChI=1S/C16H19N3O2S/c1-11-10-22-16(18-11)9-17-15(21)8-14(19-12(2)20)13-6-4-3-5-7-13/h3-7,10,14H,8-9H2,1-2H3,(H,17,21)(H,19,20). The summed E-state index contributed by atoms with van der Waals surface area (Å²) in [6.45, 7) is 3.79. The van der Waals surface area contributed by atoms with Gasteiger partial charge in [0.1, 0.15) is 5.01 Å². The highest BCUT2D eigenvalue weighted by Crippen LogP contribution is 2.16. The van der Waals surface area contributed by atoms with Crippen LogP contribution in [0.1, 0.15) is 35.7 Å². The Bertz CT molecular complexity index is 640. The second-order valence-corrected chi connectivity index (χ2v) is 5.97. The Balaban J connectivity index is 1.94. The Kier molecular flexibility index (Phi) is 5.66. The molecule has 2 N–H and O–H groups in total. The molecular weight excluding hydrogens is 298 g/mol. The van der Waals surface area contributed by atoms with Crippen molar-refractivity contribution in [3.8, 4) is 0 Å². The van der Waals surface area contributed by atoms with E-state index in [0.717, 1.165) is 16.3 Å². The molecule has 0 aliphatic heterocycles. The molecule has 0 aliphatic carbocycles. The zero-order valence-electron chi connectivity index (χ0n) is 12.6. The number of nitrogens with one attached hydrogen (secondary N) is 2. The van der Waals surface area contributed by atoms with Crippen LogP contribution in [0.4, 0.5) is 0 Å². The summed E-state index contributed by atoms with van der Waals surface area (Å²) in [5, 5.41) is 8.49. The maximum absolute atomic E-state index is 12.1. The van der Waals surface area contributed by atoms with Gasteiger partial charge in [0.15, 0.2) is 0 Å². The summed E-state index contributed by atoms with van der Waals surface area (Å²) in [6, 6.07) is 9.16. The Labute approximate surface area is 133 Å². The Morgan fingerprint density at radius 3 is 2.59 bits per heavy atom. The molecule has 22 heavy (non-hydrogen) atoms. The molecule has 6 heteroatoms. The topological polar surface area (TPSA) is 71.1 Å². The second kappa shape index (κ2) is 7.70. The van der Waals surface area contributed by atoms with Crippen LogP contribution in [0.3, 0.4) is 0 Å². The smallest absolute Gasteiger partial charge is 0.222 e. The third-order valence-electron chi connectivity index (χ3n) is 3.07. The lowest BCUT2D eigenvalue weighted by molar-refractivity contribution is -0.122. The fraction of sp³-hybridized carbons (Fsp3) is 0.312. The number of amides is 2. The average molecular weight is 317 g/mol. The Morgan fingerprint density at radius 1 is 1.27 bits per heavy atom. The van der Waals surface area contributed by atoms with E-state index in [2.05, 4.69) is 15.6 Å². The predicted molar refractivity (Wildman–Crippen MR) is 86.3 cm³/mol. The number of carbonyl (C=O) groups is 2. The summed E-state index contributed by atoms with van der Waals surface area (Å²) >= 11 is 1.52. The average Bonchev–Trinajstić information content (AvgIpc) is 2.91. The highest BCUT2D eigenvalue weighted by atomic mass is 32.1. The molecule has 0 fully saturated rings. The molecule has 5 nitrogen and oxygen atoms in total. The Morgan fingerprint density at radius 2 is 2.00 bits per heavy atom. The first-order valence-electron chi connectivity index (χ1n) is 7.04. The largest absolute Gasteiger partial charge is 0.350 e. The van der Waals surface area contributed by atoms with E-state index in [4.69, 9.17) is 0 Å². The summed E-state index contributed by atoms with van der Waals surface area (Å²) in [5.74, 6) is -0.271. The predicted octanol–water partition coefficient (Wildman–Crippen LogP) is 2.34. The van der Waals surface area contributed by atoms with Crippen LogP contribution in [-0.2, 0) is 16.1 Å². The van der Waals surface area contributed by atoms with Gasteiger partial charge in [-0.1, -0.05) is 30.3 Å². The van der Waals surface area contributed by atoms with Crippen LogP contribution in [0.15, 0.2) is 35.7 Å². The molecule has 0 bridgehead atoms. The first kappa shape index (κ1) is 16.2. The summed E-state index contributed by atoms with van der Waals surface area (Å²) in [7, 11) is 0. The van der Waals surface area contributed by atoms with Gasteiger partial charge in [-0.3, -0.25) is 9.59 Å². The molecule has 0 radical (unpaired) electrons. The van der Waals surface area contributed by atoms with Crippen LogP contribution in [0, 0.1) is 6.92 Å². The zero-order chi connectivity index (χ0) is 15.9. The highest BCUT2D eigenvalue weighted by Gasteiger charge is 2.16. The fourth-order valence-electron chi connectivity index (χ4n) is 2.10. The molecule has 0 aliphatic rings. The molecular formula is C16H19N3O2S. The van der Waals surface area contributed by atoms with Crippen molar-refractivity contribution in [2.75, 3.05) is 0 Å². The summed E-state index contributed by atoms with van der Waals surface area (Å²) < 4.78 is 0. The van der Waals surface area contributed by atoms with E-state index in [1.807, 2.05) is 42.6 Å². The number of aromatic nitrogens is 1. The lowest BCUT2D eigenvalue weighted by atomic mass is 10.0. The number of thiazole rings is 1. The van der Waals surface area contributed by atoms with Gasteiger partial charge < -0.3 is 10.6 Å². The van der Waals surface area contributed by atoms with Crippen molar-refractivity contribution in [3.05, 3.63) is 52.0 Å². The third kappa shape index (κ3) is 4.96. The van der Waals surface area contributed by atoms with Crippen LogP contribution in [0.2, 0.25) is 0 Å². The SMILES string of the molecule is CC(=O)NC(CC(=O)NCc1nc(C)cs1)c1ccccc1. The van der Waals surface area contributed by atoms with E-state index < -0.39 is 0 Å². The van der Waals surface area contributed by atoms with Crippen LogP contribution in [-0.4, -0.2) is 16.8 Å². The van der Waals surface area contributed by atoms with Crippen molar-refractivity contribution >= 4 is 23.2 Å². The van der Waals surface area contributed by atoms with Gasteiger partial charge in [0.05, 0.1) is 19.0 Å². The third-order valence-corrected chi connectivity index (χ3v) is 4.04. The van der Waals surface area contributed by atoms with Crippen LogP contribution < -0.4 is 10.6 Å².